The predicted octanol–water partition coefficient (Wildman–Crippen LogP) is 6.64. The van der Waals surface area contributed by atoms with E-state index >= 15 is 0 Å². The predicted molar refractivity (Wildman–Crippen MR) is 155 cm³/mol. The summed E-state index contributed by atoms with van der Waals surface area (Å²) in [6, 6.07) is 18.4. The van der Waals surface area contributed by atoms with Gasteiger partial charge in [0.25, 0.3) is 11.1 Å². The number of carbonyl (C=O) groups excluding carboxylic acids is 3. The fourth-order valence-corrected chi connectivity index (χ4v) is 4.93. The van der Waals surface area contributed by atoms with Gasteiger partial charge in [-0.25, -0.2) is 0 Å². The van der Waals surface area contributed by atoms with Crippen molar-refractivity contribution in [2.24, 2.45) is 0 Å². The molecule has 1 N–H and O–H groups in total. The first-order valence-corrected chi connectivity index (χ1v) is 13.3. The average molecular weight is 563 g/mol. The van der Waals surface area contributed by atoms with Gasteiger partial charge in [0.15, 0.2) is 11.5 Å². The van der Waals surface area contributed by atoms with Crippen LogP contribution in [0.15, 0.2) is 78.2 Å². The highest BCUT2D eigenvalue weighted by atomic mass is 35.5. The number of rotatable bonds is 10. The molecule has 0 atom stereocenters. The van der Waals surface area contributed by atoms with Gasteiger partial charge in [-0.3, -0.25) is 19.3 Å². The zero-order valence-corrected chi connectivity index (χ0v) is 23.1. The van der Waals surface area contributed by atoms with Gasteiger partial charge >= 0.3 is 0 Å². The Balaban J connectivity index is 1.53. The topological polar surface area (TPSA) is 84.9 Å². The van der Waals surface area contributed by atoms with Gasteiger partial charge in [0.05, 0.1) is 22.7 Å². The standard InChI is InChI=1S/C30H27ClN2O5S/c1-4-7-22-14-21(15-25(37-3)28(22)38-18-20-12-10-19(2)11-13-20)16-26-29(35)33(30(36)39-26)17-27(34)32-24-9-6-5-8-23(24)31/h4-6,8-16H,1,7,17-18H2,2-3H3,(H,32,34)/b26-16+. The number of amides is 3. The lowest BCUT2D eigenvalue weighted by molar-refractivity contribution is -0.127. The zero-order valence-electron chi connectivity index (χ0n) is 21.5. The van der Waals surface area contributed by atoms with Gasteiger partial charge in [-0.2, -0.15) is 0 Å². The number of ether oxygens (including phenoxy) is 2. The lowest BCUT2D eigenvalue weighted by Gasteiger charge is -2.16. The van der Waals surface area contributed by atoms with Crippen LogP contribution in [0.3, 0.4) is 0 Å². The van der Waals surface area contributed by atoms with Crippen molar-refractivity contribution in [1.29, 1.82) is 0 Å². The van der Waals surface area contributed by atoms with Crippen LogP contribution < -0.4 is 14.8 Å². The quantitative estimate of drug-likeness (QED) is 0.220. The number of para-hydroxylation sites is 1. The third kappa shape index (κ3) is 6.90. The van der Waals surface area contributed by atoms with Crippen molar-refractivity contribution in [1.82, 2.24) is 4.90 Å². The van der Waals surface area contributed by atoms with Crippen LogP contribution in [-0.4, -0.2) is 35.6 Å². The summed E-state index contributed by atoms with van der Waals surface area (Å²) in [5, 5.41) is 2.45. The number of halogens is 1. The third-order valence-electron chi connectivity index (χ3n) is 5.86. The van der Waals surface area contributed by atoms with E-state index in [4.69, 9.17) is 21.1 Å². The molecule has 1 aliphatic heterocycles. The highest BCUT2D eigenvalue weighted by Gasteiger charge is 2.36. The van der Waals surface area contributed by atoms with Crippen LogP contribution in [-0.2, 0) is 22.6 Å². The van der Waals surface area contributed by atoms with Crippen molar-refractivity contribution < 1.29 is 23.9 Å². The molecule has 0 radical (unpaired) electrons. The fourth-order valence-electron chi connectivity index (χ4n) is 3.91. The molecule has 4 rings (SSSR count). The first-order valence-electron chi connectivity index (χ1n) is 12.1. The van der Waals surface area contributed by atoms with Gasteiger partial charge in [0.1, 0.15) is 13.2 Å². The van der Waals surface area contributed by atoms with Crippen LogP contribution in [0.25, 0.3) is 6.08 Å². The molecule has 1 fully saturated rings. The van der Waals surface area contributed by atoms with E-state index in [9.17, 15) is 14.4 Å². The zero-order chi connectivity index (χ0) is 27.9. The number of benzene rings is 3. The van der Waals surface area contributed by atoms with E-state index in [0.717, 1.165) is 27.8 Å². The van der Waals surface area contributed by atoms with Crippen molar-refractivity contribution in [3.05, 3.63) is 106 Å². The molecule has 0 aliphatic carbocycles. The first-order chi connectivity index (χ1) is 18.8. The number of anilines is 1. The molecule has 1 saturated heterocycles. The van der Waals surface area contributed by atoms with E-state index in [0.29, 0.717) is 40.8 Å². The SMILES string of the molecule is C=CCc1cc(/C=C2/SC(=O)N(CC(=O)Nc3ccccc3Cl)C2=O)cc(OC)c1OCc1ccc(C)cc1. The normalized spacial score (nSPS) is 14.0. The summed E-state index contributed by atoms with van der Waals surface area (Å²) < 4.78 is 11.7. The number of hydrogen-bond acceptors (Lipinski definition) is 6. The molecule has 0 bridgehead atoms. The Kier molecular flexibility index (Phi) is 9.11. The third-order valence-corrected chi connectivity index (χ3v) is 7.10. The van der Waals surface area contributed by atoms with Crippen molar-refractivity contribution in [3.63, 3.8) is 0 Å². The van der Waals surface area contributed by atoms with Crippen LogP contribution in [0.2, 0.25) is 5.02 Å². The Morgan fingerprint density at radius 1 is 1.13 bits per heavy atom. The lowest BCUT2D eigenvalue weighted by atomic mass is 10.0. The van der Waals surface area contributed by atoms with Gasteiger partial charge < -0.3 is 14.8 Å². The number of aryl methyl sites for hydroxylation is 1. The molecular weight excluding hydrogens is 536 g/mol. The van der Waals surface area contributed by atoms with Crippen molar-refractivity contribution in [2.45, 2.75) is 20.0 Å². The lowest BCUT2D eigenvalue weighted by Crippen LogP contribution is -2.36. The van der Waals surface area contributed by atoms with Crippen LogP contribution in [0.1, 0.15) is 22.3 Å². The Labute approximate surface area is 236 Å². The van der Waals surface area contributed by atoms with Crippen LogP contribution in [0.5, 0.6) is 11.5 Å². The molecule has 0 unspecified atom stereocenters. The number of thioether (sulfide) groups is 1. The molecule has 3 aromatic carbocycles. The summed E-state index contributed by atoms with van der Waals surface area (Å²) in [7, 11) is 1.54. The number of hydrogen-bond donors (Lipinski definition) is 1. The highest BCUT2D eigenvalue weighted by Crippen LogP contribution is 2.37. The van der Waals surface area contributed by atoms with E-state index in [2.05, 4.69) is 11.9 Å². The van der Waals surface area contributed by atoms with Gasteiger partial charge in [0.2, 0.25) is 5.91 Å². The van der Waals surface area contributed by atoms with Crippen LogP contribution >= 0.6 is 23.4 Å². The molecular formula is C30H27ClN2O5S. The Bertz CT molecular complexity index is 1450. The summed E-state index contributed by atoms with van der Waals surface area (Å²) >= 11 is 6.86. The maximum absolute atomic E-state index is 13.0. The molecule has 3 amide bonds. The monoisotopic (exact) mass is 562 g/mol. The maximum Gasteiger partial charge on any atom is 0.294 e. The molecule has 7 nitrogen and oxygen atoms in total. The summed E-state index contributed by atoms with van der Waals surface area (Å²) in [6.45, 7) is 5.80. The van der Waals surface area contributed by atoms with Gasteiger partial charge in [-0.1, -0.05) is 59.6 Å². The summed E-state index contributed by atoms with van der Waals surface area (Å²) in [4.78, 5) is 39.2. The maximum atomic E-state index is 13.0. The van der Waals surface area contributed by atoms with Crippen molar-refractivity contribution >= 4 is 52.2 Å². The molecule has 200 valence electrons. The van der Waals surface area contributed by atoms with Gasteiger partial charge in [-0.15, -0.1) is 6.58 Å². The average Bonchev–Trinajstić information content (AvgIpc) is 3.17. The van der Waals surface area contributed by atoms with E-state index in [1.165, 1.54) is 5.56 Å². The molecule has 3 aromatic rings. The fraction of sp³-hybridized carbons (Fsp3) is 0.167. The van der Waals surface area contributed by atoms with Gasteiger partial charge in [-0.05, 0) is 66.6 Å². The molecule has 0 spiro atoms. The molecule has 0 aromatic heterocycles. The van der Waals surface area contributed by atoms with Crippen molar-refractivity contribution in [3.8, 4) is 11.5 Å². The van der Waals surface area contributed by atoms with E-state index in [1.807, 2.05) is 37.3 Å². The highest BCUT2D eigenvalue weighted by molar-refractivity contribution is 8.18. The Morgan fingerprint density at radius 2 is 1.87 bits per heavy atom. The van der Waals surface area contributed by atoms with Crippen molar-refractivity contribution in [2.75, 3.05) is 19.0 Å². The molecule has 1 aliphatic rings. The second-order valence-electron chi connectivity index (χ2n) is 8.77. The second kappa shape index (κ2) is 12.7. The van der Waals surface area contributed by atoms with E-state index in [1.54, 1.807) is 49.6 Å². The molecule has 9 heteroatoms. The summed E-state index contributed by atoms with van der Waals surface area (Å²) in [6.07, 6.45) is 3.86. The largest absolute Gasteiger partial charge is 0.493 e. The van der Waals surface area contributed by atoms with Crippen LogP contribution in [0, 0.1) is 6.92 Å². The van der Waals surface area contributed by atoms with Crippen LogP contribution in [0.4, 0.5) is 10.5 Å². The molecule has 0 saturated carbocycles. The van der Waals surface area contributed by atoms with E-state index < -0.39 is 23.6 Å². The number of nitrogens with one attached hydrogen (secondary N) is 1. The minimum absolute atomic E-state index is 0.200. The summed E-state index contributed by atoms with van der Waals surface area (Å²) in [5.41, 5.74) is 4.05. The Morgan fingerprint density at radius 3 is 2.56 bits per heavy atom. The van der Waals surface area contributed by atoms with E-state index in [-0.39, 0.29) is 4.91 Å². The number of imide groups is 1. The second-order valence-corrected chi connectivity index (χ2v) is 10.2. The minimum Gasteiger partial charge on any atom is -0.493 e. The minimum atomic E-state index is -0.553. The number of methoxy groups -OCH3 is 1. The summed E-state index contributed by atoms with van der Waals surface area (Å²) in [5.74, 6) is -0.00885. The number of carbonyl (C=O) groups is 3. The first kappa shape index (κ1) is 28.0. The number of nitrogens with zero attached hydrogens (tertiary/aromatic N) is 1. The van der Waals surface area contributed by atoms with Gasteiger partial charge in [0, 0.05) is 5.56 Å². The molecule has 1 heterocycles. The number of allylic oxidation sites excluding steroid dienone is 1. The molecule has 39 heavy (non-hydrogen) atoms. The smallest absolute Gasteiger partial charge is 0.294 e. The Hall–Kier alpha value is -4.01.